The molecule has 1 amide bonds. The second-order valence-electron chi connectivity index (χ2n) is 6.52. The van der Waals surface area contributed by atoms with Crippen LogP contribution in [0.1, 0.15) is 23.2 Å². The molecule has 3 aromatic rings. The number of hydrogen-bond acceptors (Lipinski definition) is 4. The van der Waals surface area contributed by atoms with E-state index in [4.69, 9.17) is 11.6 Å². The predicted octanol–water partition coefficient (Wildman–Crippen LogP) is 4.65. The molecular weight excluding hydrogens is 360 g/mol. The second-order valence-corrected chi connectivity index (χ2v) is 6.95. The molecule has 2 heterocycles. The van der Waals surface area contributed by atoms with E-state index in [2.05, 4.69) is 20.4 Å². The molecule has 0 unspecified atom stereocenters. The normalized spacial score (nSPS) is 13.6. The number of carbonyl (C=O) groups is 1. The molecule has 6 heteroatoms. The first-order chi connectivity index (χ1) is 13.2. The van der Waals surface area contributed by atoms with Crippen LogP contribution in [0.15, 0.2) is 60.7 Å². The van der Waals surface area contributed by atoms with E-state index < -0.39 is 0 Å². The molecule has 1 aromatic heterocycles. The molecule has 4 rings (SSSR count). The van der Waals surface area contributed by atoms with Gasteiger partial charge in [-0.05, 0) is 55.3 Å². The Hall–Kier alpha value is -2.92. The molecule has 0 aliphatic carbocycles. The largest absolute Gasteiger partial charge is 0.355 e. The second kappa shape index (κ2) is 7.76. The highest BCUT2D eigenvalue weighted by molar-refractivity contribution is 6.31. The van der Waals surface area contributed by atoms with Gasteiger partial charge in [0.05, 0.1) is 5.69 Å². The SMILES string of the molecule is O=C(Nc1cccc(-c2ccc(N3CCCC3)nn2)c1)c1cccc(Cl)c1. The van der Waals surface area contributed by atoms with E-state index in [1.54, 1.807) is 24.3 Å². The highest BCUT2D eigenvalue weighted by Crippen LogP contribution is 2.23. The lowest BCUT2D eigenvalue weighted by Gasteiger charge is -2.15. The number of aromatic nitrogens is 2. The van der Waals surface area contributed by atoms with E-state index in [0.29, 0.717) is 16.3 Å². The standard InChI is InChI=1S/C21H19ClN4O/c22-17-7-3-6-16(13-17)21(27)23-18-8-4-5-15(14-18)19-9-10-20(25-24-19)26-11-1-2-12-26/h3-10,13-14H,1-2,11-12H2,(H,23,27). The van der Waals surface area contributed by atoms with Gasteiger partial charge in [0.1, 0.15) is 0 Å². The molecule has 0 bridgehead atoms. The van der Waals surface area contributed by atoms with Gasteiger partial charge in [0.25, 0.3) is 5.91 Å². The van der Waals surface area contributed by atoms with Crippen LogP contribution in [0.25, 0.3) is 11.3 Å². The van der Waals surface area contributed by atoms with Gasteiger partial charge in [-0.15, -0.1) is 10.2 Å². The van der Waals surface area contributed by atoms with Crippen LogP contribution in [0.2, 0.25) is 5.02 Å². The van der Waals surface area contributed by atoms with Crippen LogP contribution in [0.4, 0.5) is 11.5 Å². The summed E-state index contributed by atoms with van der Waals surface area (Å²) in [7, 11) is 0. The van der Waals surface area contributed by atoms with Gasteiger partial charge in [0, 0.05) is 34.9 Å². The van der Waals surface area contributed by atoms with E-state index in [9.17, 15) is 4.79 Å². The molecular formula is C21H19ClN4O. The number of rotatable bonds is 4. The Bertz CT molecular complexity index is 952. The number of nitrogens with one attached hydrogen (secondary N) is 1. The summed E-state index contributed by atoms with van der Waals surface area (Å²) in [5.41, 5.74) is 2.89. The number of benzene rings is 2. The van der Waals surface area contributed by atoms with Crippen molar-refractivity contribution < 1.29 is 4.79 Å². The molecule has 136 valence electrons. The van der Waals surface area contributed by atoms with Crippen molar-refractivity contribution in [1.82, 2.24) is 10.2 Å². The highest BCUT2D eigenvalue weighted by Gasteiger charge is 2.14. The maximum absolute atomic E-state index is 12.4. The summed E-state index contributed by atoms with van der Waals surface area (Å²) in [6.07, 6.45) is 2.41. The van der Waals surface area contributed by atoms with Gasteiger partial charge in [-0.1, -0.05) is 29.8 Å². The summed E-state index contributed by atoms with van der Waals surface area (Å²) >= 11 is 5.96. The van der Waals surface area contributed by atoms with Crippen molar-refractivity contribution in [3.05, 3.63) is 71.2 Å². The number of amides is 1. The molecule has 1 fully saturated rings. The molecule has 1 aliphatic rings. The molecule has 0 atom stereocenters. The Labute approximate surface area is 163 Å². The average Bonchev–Trinajstić information content (AvgIpc) is 3.23. The molecule has 27 heavy (non-hydrogen) atoms. The summed E-state index contributed by atoms with van der Waals surface area (Å²) < 4.78 is 0. The van der Waals surface area contributed by atoms with Gasteiger partial charge < -0.3 is 10.2 Å². The van der Waals surface area contributed by atoms with Gasteiger partial charge in [0.2, 0.25) is 0 Å². The zero-order valence-electron chi connectivity index (χ0n) is 14.7. The lowest BCUT2D eigenvalue weighted by molar-refractivity contribution is 0.102. The molecule has 2 aromatic carbocycles. The minimum absolute atomic E-state index is 0.204. The summed E-state index contributed by atoms with van der Waals surface area (Å²) in [6, 6.07) is 18.4. The molecule has 0 spiro atoms. The van der Waals surface area contributed by atoms with Crippen molar-refractivity contribution >= 4 is 29.0 Å². The number of halogens is 1. The topological polar surface area (TPSA) is 58.1 Å². The van der Waals surface area contributed by atoms with Crippen LogP contribution in [-0.4, -0.2) is 29.2 Å². The van der Waals surface area contributed by atoms with Crippen LogP contribution < -0.4 is 10.2 Å². The van der Waals surface area contributed by atoms with E-state index in [-0.39, 0.29) is 5.91 Å². The summed E-state index contributed by atoms with van der Waals surface area (Å²) in [5, 5.41) is 12.2. The lowest BCUT2D eigenvalue weighted by atomic mass is 10.1. The fourth-order valence-corrected chi connectivity index (χ4v) is 3.37. The Morgan fingerprint density at radius 1 is 0.963 bits per heavy atom. The van der Waals surface area contributed by atoms with Gasteiger partial charge in [0.15, 0.2) is 5.82 Å². The van der Waals surface area contributed by atoms with Crippen molar-refractivity contribution in [3.63, 3.8) is 0 Å². The monoisotopic (exact) mass is 378 g/mol. The van der Waals surface area contributed by atoms with Crippen LogP contribution in [0, 0.1) is 0 Å². The van der Waals surface area contributed by atoms with Crippen molar-refractivity contribution in [2.24, 2.45) is 0 Å². The molecule has 1 saturated heterocycles. The zero-order chi connectivity index (χ0) is 18.6. The maximum atomic E-state index is 12.4. The first kappa shape index (κ1) is 17.5. The molecule has 1 aliphatic heterocycles. The summed E-state index contributed by atoms with van der Waals surface area (Å²) in [5.74, 6) is 0.715. The fourth-order valence-electron chi connectivity index (χ4n) is 3.18. The Balaban J connectivity index is 1.51. The summed E-state index contributed by atoms with van der Waals surface area (Å²) in [4.78, 5) is 14.7. The van der Waals surface area contributed by atoms with Crippen molar-refractivity contribution in [2.75, 3.05) is 23.3 Å². The number of carbonyl (C=O) groups excluding carboxylic acids is 1. The lowest BCUT2D eigenvalue weighted by Crippen LogP contribution is -2.19. The maximum Gasteiger partial charge on any atom is 0.255 e. The van der Waals surface area contributed by atoms with E-state index >= 15 is 0 Å². The zero-order valence-corrected chi connectivity index (χ0v) is 15.5. The minimum Gasteiger partial charge on any atom is -0.355 e. The van der Waals surface area contributed by atoms with Gasteiger partial charge in [-0.25, -0.2) is 0 Å². The van der Waals surface area contributed by atoms with Gasteiger partial charge in [-0.3, -0.25) is 4.79 Å². The van der Waals surface area contributed by atoms with E-state index in [1.165, 1.54) is 12.8 Å². The number of nitrogens with zero attached hydrogens (tertiary/aromatic N) is 3. The Morgan fingerprint density at radius 2 is 1.78 bits per heavy atom. The van der Waals surface area contributed by atoms with Gasteiger partial charge in [-0.2, -0.15) is 0 Å². The third kappa shape index (κ3) is 4.09. The van der Waals surface area contributed by atoms with Crippen LogP contribution in [0.3, 0.4) is 0 Å². The third-order valence-electron chi connectivity index (χ3n) is 4.58. The molecule has 0 radical (unpaired) electrons. The van der Waals surface area contributed by atoms with Crippen molar-refractivity contribution in [1.29, 1.82) is 0 Å². The van der Waals surface area contributed by atoms with Crippen molar-refractivity contribution in [2.45, 2.75) is 12.8 Å². The van der Waals surface area contributed by atoms with E-state index in [0.717, 1.165) is 30.2 Å². The Kier molecular flexibility index (Phi) is 5.03. The van der Waals surface area contributed by atoms with Crippen LogP contribution >= 0.6 is 11.6 Å². The smallest absolute Gasteiger partial charge is 0.255 e. The minimum atomic E-state index is -0.204. The van der Waals surface area contributed by atoms with Crippen LogP contribution in [-0.2, 0) is 0 Å². The fraction of sp³-hybridized carbons (Fsp3) is 0.190. The first-order valence-corrected chi connectivity index (χ1v) is 9.33. The first-order valence-electron chi connectivity index (χ1n) is 8.95. The van der Waals surface area contributed by atoms with Crippen LogP contribution in [0.5, 0.6) is 0 Å². The molecule has 0 saturated carbocycles. The predicted molar refractivity (Wildman–Crippen MR) is 108 cm³/mol. The van der Waals surface area contributed by atoms with Crippen molar-refractivity contribution in [3.8, 4) is 11.3 Å². The Morgan fingerprint density at radius 3 is 2.52 bits per heavy atom. The molecule has 1 N–H and O–H groups in total. The number of hydrogen-bond donors (Lipinski definition) is 1. The van der Waals surface area contributed by atoms with Gasteiger partial charge >= 0.3 is 0 Å². The molecule has 5 nitrogen and oxygen atoms in total. The number of anilines is 2. The quantitative estimate of drug-likeness (QED) is 0.718. The van der Waals surface area contributed by atoms with E-state index in [1.807, 2.05) is 36.4 Å². The highest BCUT2D eigenvalue weighted by atomic mass is 35.5. The average molecular weight is 379 g/mol. The summed E-state index contributed by atoms with van der Waals surface area (Å²) in [6.45, 7) is 2.08. The third-order valence-corrected chi connectivity index (χ3v) is 4.82.